The molecule has 0 saturated heterocycles. The van der Waals surface area contributed by atoms with Gasteiger partial charge in [0.25, 0.3) is 5.56 Å². The third-order valence-corrected chi connectivity index (χ3v) is 7.51. The van der Waals surface area contributed by atoms with Gasteiger partial charge in [-0.25, -0.2) is 4.68 Å². The predicted octanol–water partition coefficient (Wildman–Crippen LogP) is 3.38. The molecule has 0 bridgehead atoms. The average Bonchev–Trinajstić information content (AvgIpc) is 3.28. The fourth-order valence-electron chi connectivity index (χ4n) is 3.76. The van der Waals surface area contributed by atoms with E-state index in [1.807, 2.05) is 17.5 Å². The number of nitrogens with one attached hydrogen (secondary N) is 1. The monoisotopic (exact) mass is 416 g/mol. The molecule has 0 spiro atoms. The Balaban J connectivity index is 1.56. The largest absolute Gasteiger partial charge is 0.350 e. The van der Waals surface area contributed by atoms with Crippen LogP contribution < -0.4 is 10.9 Å². The highest BCUT2D eigenvalue weighted by Gasteiger charge is 2.32. The molecule has 0 aliphatic heterocycles. The Morgan fingerprint density at radius 3 is 2.93 bits per heavy atom. The zero-order valence-corrected chi connectivity index (χ0v) is 18.0. The lowest BCUT2D eigenvalue weighted by atomic mass is 9.72. The number of hydrogen-bond donors (Lipinski definition) is 1. The SMILES string of the molecule is CC(C)(C)[C@@H]1CCc2c(sc3nnn(CC(=O)NCc4cccs4)c(=O)c23)C1. The first-order valence-electron chi connectivity index (χ1n) is 9.50. The Morgan fingerprint density at radius 1 is 1.39 bits per heavy atom. The molecule has 1 amide bonds. The van der Waals surface area contributed by atoms with Gasteiger partial charge in [0.2, 0.25) is 5.91 Å². The molecule has 3 aromatic heterocycles. The van der Waals surface area contributed by atoms with Gasteiger partial charge >= 0.3 is 0 Å². The van der Waals surface area contributed by atoms with Crippen LogP contribution in [0.4, 0.5) is 0 Å². The molecule has 6 nitrogen and oxygen atoms in total. The van der Waals surface area contributed by atoms with Crippen LogP contribution in [0.3, 0.4) is 0 Å². The second-order valence-electron chi connectivity index (χ2n) is 8.40. The van der Waals surface area contributed by atoms with Gasteiger partial charge in [-0.15, -0.1) is 27.8 Å². The minimum Gasteiger partial charge on any atom is -0.350 e. The van der Waals surface area contributed by atoms with E-state index in [-0.39, 0.29) is 23.4 Å². The van der Waals surface area contributed by atoms with Crippen LogP contribution in [-0.4, -0.2) is 20.9 Å². The van der Waals surface area contributed by atoms with E-state index in [0.717, 1.165) is 29.7 Å². The molecule has 0 aromatic carbocycles. The number of amides is 1. The number of hydrogen-bond acceptors (Lipinski definition) is 6. The minimum atomic E-state index is -0.235. The van der Waals surface area contributed by atoms with Crippen molar-refractivity contribution in [3.05, 3.63) is 43.2 Å². The normalized spacial score (nSPS) is 16.9. The maximum atomic E-state index is 13.0. The van der Waals surface area contributed by atoms with Crippen molar-refractivity contribution in [3.8, 4) is 0 Å². The van der Waals surface area contributed by atoms with Gasteiger partial charge in [-0.2, -0.15) is 0 Å². The van der Waals surface area contributed by atoms with Crippen molar-refractivity contribution in [3.63, 3.8) is 0 Å². The molecular weight excluding hydrogens is 392 g/mol. The lowest BCUT2D eigenvalue weighted by Crippen LogP contribution is -2.34. The van der Waals surface area contributed by atoms with Crippen LogP contribution in [0.15, 0.2) is 22.3 Å². The molecule has 0 radical (unpaired) electrons. The first-order valence-corrected chi connectivity index (χ1v) is 11.2. The van der Waals surface area contributed by atoms with Crippen molar-refractivity contribution >= 4 is 38.8 Å². The van der Waals surface area contributed by atoms with E-state index in [1.165, 1.54) is 9.56 Å². The van der Waals surface area contributed by atoms with Gasteiger partial charge in [0.05, 0.1) is 11.9 Å². The molecular formula is C20H24N4O2S2. The van der Waals surface area contributed by atoms with Crippen molar-refractivity contribution in [2.24, 2.45) is 11.3 Å². The van der Waals surface area contributed by atoms with Crippen molar-refractivity contribution in [2.75, 3.05) is 0 Å². The molecule has 0 saturated carbocycles. The molecule has 8 heteroatoms. The Kier molecular flexibility index (Phi) is 5.09. The molecule has 28 heavy (non-hydrogen) atoms. The van der Waals surface area contributed by atoms with Crippen LogP contribution >= 0.6 is 22.7 Å². The number of thiophene rings is 2. The van der Waals surface area contributed by atoms with Crippen LogP contribution in [0.25, 0.3) is 10.2 Å². The topological polar surface area (TPSA) is 76.9 Å². The third-order valence-electron chi connectivity index (χ3n) is 5.50. The van der Waals surface area contributed by atoms with Gasteiger partial charge in [-0.1, -0.05) is 32.1 Å². The molecule has 4 rings (SSSR count). The zero-order chi connectivity index (χ0) is 19.9. The summed E-state index contributed by atoms with van der Waals surface area (Å²) in [6, 6.07) is 3.91. The number of aromatic nitrogens is 3. The van der Waals surface area contributed by atoms with Crippen LogP contribution in [0, 0.1) is 11.3 Å². The maximum Gasteiger partial charge on any atom is 0.279 e. The Hall–Kier alpha value is -2.06. The lowest BCUT2D eigenvalue weighted by molar-refractivity contribution is -0.122. The smallest absolute Gasteiger partial charge is 0.279 e. The van der Waals surface area contributed by atoms with E-state index in [9.17, 15) is 9.59 Å². The summed E-state index contributed by atoms with van der Waals surface area (Å²) in [5, 5.41) is 13.7. The van der Waals surface area contributed by atoms with Crippen LogP contribution in [0.5, 0.6) is 0 Å². The quantitative estimate of drug-likeness (QED) is 0.707. The molecule has 1 aliphatic carbocycles. The lowest BCUT2D eigenvalue weighted by Gasteiger charge is -2.33. The van der Waals surface area contributed by atoms with Gasteiger partial charge in [-0.05, 0) is 47.6 Å². The van der Waals surface area contributed by atoms with Gasteiger partial charge in [0.15, 0.2) is 4.83 Å². The van der Waals surface area contributed by atoms with E-state index >= 15 is 0 Å². The summed E-state index contributed by atoms with van der Waals surface area (Å²) in [5.41, 5.74) is 1.16. The summed E-state index contributed by atoms with van der Waals surface area (Å²) < 4.78 is 1.19. The highest BCUT2D eigenvalue weighted by Crippen LogP contribution is 2.41. The molecule has 1 aliphatic rings. The van der Waals surface area contributed by atoms with Crippen LogP contribution in [0.1, 0.15) is 42.5 Å². The maximum absolute atomic E-state index is 13.0. The number of nitrogens with zero attached hydrogens (tertiary/aromatic N) is 3. The Bertz CT molecular complexity index is 1060. The van der Waals surface area contributed by atoms with Crippen LogP contribution in [0.2, 0.25) is 0 Å². The molecule has 0 unspecified atom stereocenters. The van der Waals surface area contributed by atoms with Gasteiger partial charge in [0.1, 0.15) is 6.54 Å². The number of fused-ring (bicyclic) bond motifs is 3. The standard InChI is InChI=1S/C20H24N4O2S2/c1-20(2,3)12-6-7-14-15(9-12)28-18-17(14)19(26)24(23-22-18)11-16(25)21-10-13-5-4-8-27-13/h4-5,8,12H,6-7,9-11H2,1-3H3,(H,21,25)/t12-/m1/s1. The van der Waals surface area contributed by atoms with Crippen molar-refractivity contribution in [1.29, 1.82) is 0 Å². The number of carbonyl (C=O) groups excluding carboxylic acids is 1. The number of carbonyl (C=O) groups is 1. The van der Waals surface area contributed by atoms with Gasteiger partial charge < -0.3 is 5.32 Å². The van der Waals surface area contributed by atoms with Gasteiger partial charge in [-0.3, -0.25) is 9.59 Å². The van der Waals surface area contributed by atoms with E-state index in [0.29, 0.717) is 22.7 Å². The van der Waals surface area contributed by atoms with E-state index in [1.54, 1.807) is 22.7 Å². The van der Waals surface area contributed by atoms with E-state index in [4.69, 9.17) is 0 Å². The van der Waals surface area contributed by atoms with E-state index < -0.39 is 0 Å². The van der Waals surface area contributed by atoms with Crippen LogP contribution in [-0.2, 0) is 30.7 Å². The summed E-state index contributed by atoms with van der Waals surface area (Å²) in [6.07, 6.45) is 2.95. The number of rotatable bonds is 4. The fourth-order valence-corrected chi connectivity index (χ4v) is 5.64. The third kappa shape index (κ3) is 3.75. The molecule has 1 N–H and O–H groups in total. The summed E-state index contributed by atoms with van der Waals surface area (Å²) in [4.78, 5) is 28.3. The summed E-state index contributed by atoms with van der Waals surface area (Å²) in [6.45, 7) is 7.18. The minimum absolute atomic E-state index is 0.109. The zero-order valence-electron chi connectivity index (χ0n) is 16.3. The summed E-state index contributed by atoms with van der Waals surface area (Å²) >= 11 is 3.17. The van der Waals surface area contributed by atoms with Crippen molar-refractivity contribution < 1.29 is 4.79 Å². The van der Waals surface area contributed by atoms with E-state index in [2.05, 4.69) is 36.4 Å². The van der Waals surface area contributed by atoms with Crippen molar-refractivity contribution in [2.45, 2.75) is 53.1 Å². The second-order valence-corrected chi connectivity index (χ2v) is 10.5. The fraction of sp³-hybridized carbons (Fsp3) is 0.500. The Morgan fingerprint density at radius 2 is 2.21 bits per heavy atom. The highest BCUT2D eigenvalue weighted by atomic mass is 32.1. The van der Waals surface area contributed by atoms with Gasteiger partial charge in [0, 0.05) is 9.75 Å². The molecule has 0 fully saturated rings. The molecule has 148 valence electrons. The average molecular weight is 417 g/mol. The predicted molar refractivity (Wildman–Crippen MR) is 113 cm³/mol. The molecule has 3 heterocycles. The first kappa shape index (κ1) is 19.3. The molecule has 1 atom stereocenters. The second kappa shape index (κ2) is 7.40. The highest BCUT2D eigenvalue weighted by molar-refractivity contribution is 7.18. The first-order chi connectivity index (χ1) is 13.3. The summed E-state index contributed by atoms with van der Waals surface area (Å²) in [7, 11) is 0. The summed E-state index contributed by atoms with van der Waals surface area (Å²) in [5.74, 6) is 0.368. The van der Waals surface area contributed by atoms with Crippen molar-refractivity contribution in [1.82, 2.24) is 20.3 Å². The Labute approximate surface area is 171 Å². The number of aryl methyl sites for hydroxylation is 1. The molecule has 3 aromatic rings.